The lowest BCUT2D eigenvalue weighted by Gasteiger charge is -2.34. The Hall–Kier alpha value is -1.00. The van der Waals surface area contributed by atoms with Crippen LogP contribution in [0.2, 0.25) is 0 Å². The minimum atomic E-state index is -0.548. The summed E-state index contributed by atoms with van der Waals surface area (Å²) in [5.74, 6) is -0.843. The SMILES string of the molecule is CC1CN(Cc2ccc(F)cc2F)CCC1O. The molecule has 0 aromatic heterocycles. The van der Waals surface area contributed by atoms with Gasteiger partial charge in [0.25, 0.3) is 0 Å². The predicted octanol–water partition coefficient (Wildman–Crippen LogP) is 2.17. The molecular formula is C13H17F2NO. The molecule has 2 atom stereocenters. The van der Waals surface area contributed by atoms with Gasteiger partial charge < -0.3 is 5.11 Å². The van der Waals surface area contributed by atoms with Crippen LogP contribution in [0.1, 0.15) is 18.9 Å². The zero-order chi connectivity index (χ0) is 12.4. The fourth-order valence-electron chi connectivity index (χ4n) is 2.25. The normalized spacial score (nSPS) is 26.1. The molecule has 1 aromatic carbocycles. The Balaban J connectivity index is 2.01. The standard InChI is InChI=1S/C13H17F2NO/c1-9-7-16(5-4-13(9)17)8-10-2-3-11(14)6-12(10)15/h2-3,6,9,13,17H,4-5,7-8H2,1H3. The average Bonchev–Trinajstić information content (AvgIpc) is 2.27. The fourth-order valence-corrected chi connectivity index (χ4v) is 2.25. The predicted molar refractivity (Wildman–Crippen MR) is 61.4 cm³/mol. The highest BCUT2D eigenvalue weighted by Gasteiger charge is 2.24. The third-order valence-corrected chi connectivity index (χ3v) is 3.35. The maximum atomic E-state index is 13.5. The number of aliphatic hydroxyl groups is 1. The van der Waals surface area contributed by atoms with E-state index in [-0.39, 0.29) is 12.0 Å². The van der Waals surface area contributed by atoms with Crippen molar-refractivity contribution in [2.24, 2.45) is 5.92 Å². The van der Waals surface area contributed by atoms with Crippen molar-refractivity contribution in [2.75, 3.05) is 13.1 Å². The largest absolute Gasteiger partial charge is 0.393 e. The van der Waals surface area contributed by atoms with Gasteiger partial charge in [0, 0.05) is 31.3 Å². The molecule has 0 aliphatic carbocycles. The number of rotatable bonds is 2. The maximum absolute atomic E-state index is 13.5. The van der Waals surface area contributed by atoms with E-state index in [1.54, 1.807) is 0 Å². The topological polar surface area (TPSA) is 23.5 Å². The van der Waals surface area contributed by atoms with Crippen molar-refractivity contribution in [3.8, 4) is 0 Å². The number of aliphatic hydroxyl groups excluding tert-OH is 1. The van der Waals surface area contributed by atoms with E-state index in [0.29, 0.717) is 18.5 Å². The summed E-state index contributed by atoms with van der Waals surface area (Å²) in [6, 6.07) is 3.68. The molecule has 2 nitrogen and oxygen atoms in total. The summed E-state index contributed by atoms with van der Waals surface area (Å²) in [5.41, 5.74) is 0.509. The zero-order valence-corrected chi connectivity index (χ0v) is 9.87. The lowest BCUT2D eigenvalue weighted by molar-refractivity contribution is 0.0316. The first-order valence-corrected chi connectivity index (χ1v) is 5.90. The number of halogens is 2. The van der Waals surface area contributed by atoms with Crippen molar-refractivity contribution in [1.29, 1.82) is 0 Å². The molecule has 0 spiro atoms. The molecule has 2 unspecified atom stereocenters. The second-order valence-corrected chi connectivity index (χ2v) is 4.80. The van der Waals surface area contributed by atoms with Crippen LogP contribution in [0.3, 0.4) is 0 Å². The molecule has 2 rings (SSSR count). The lowest BCUT2D eigenvalue weighted by atomic mass is 9.96. The molecule has 1 fully saturated rings. The van der Waals surface area contributed by atoms with Crippen LogP contribution in [0.5, 0.6) is 0 Å². The summed E-state index contributed by atoms with van der Waals surface area (Å²) in [7, 11) is 0. The first-order valence-electron chi connectivity index (χ1n) is 5.90. The Bertz CT molecular complexity index is 397. The Kier molecular flexibility index (Phi) is 3.74. The van der Waals surface area contributed by atoms with Crippen LogP contribution in [0.4, 0.5) is 8.78 Å². The van der Waals surface area contributed by atoms with Gasteiger partial charge in [-0.2, -0.15) is 0 Å². The number of hydrogen-bond acceptors (Lipinski definition) is 2. The van der Waals surface area contributed by atoms with Crippen LogP contribution in [-0.4, -0.2) is 29.2 Å². The van der Waals surface area contributed by atoms with Crippen LogP contribution >= 0.6 is 0 Å². The Morgan fingerprint density at radius 1 is 1.41 bits per heavy atom. The summed E-state index contributed by atoms with van der Waals surface area (Å²) in [5, 5.41) is 9.60. The number of piperidine rings is 1. The molecule has 1 N–H and O–H groups in total. The summed E-state index contributed by atoms with van der Waals surface area (Å²) in [4.78, 5) is 2.09. The van der Waals surface area contributed by atoms with E-state index in [0.717, 1.165) is 19.2 Å². The van der Waals surface area contributed by atoms with Gasteiger partial charge in [0.15, 0.2) is 0 Å². The third kappa shape index (κ3) is 3.01. The first kappa shape index (κ1) is 12.5. The Morgan fingerprint density at radius 2 is 2.18 bits per heavy atom. The second kappa shape index (κ2) is 5.10. The van der Waals surface area contributed by atoms with Crippen molar-refractivity contribution < 1.29 is 13.9 Å². The van der Waals surface area contributed by atoms with Crippen molar-refractivity contribution in [2.45, 2.75) is 26.0 Å². The number of hydrogen-bond donors (Lipinski definition) is 1. The number of benzene rings is 1. The molecular weight excluding hydrogens is 224 g/mol. The molecule has 1 aliphatic heterocycles. The molecule has 17 heavy (non-hydrogen) atoms. The monoisotopic (exact) mass is 241 g/mol. The molecule has 0 amide bonds. The highest BCUT2D eigenvalue weighted by Crippen LogP contribution is 2.20. The molecule has 1 aliphatic rings. The summed E-state index contributed by atoms with van der Waals surface area (Å²) < 4.78 is 26.2. The summed E-state index contributed by atoms with van der Waals surface area (Å²) in [6.45, 7) is 3.96. The van der Waals surface area contributed by atoms with Gasteiger partial charge in [-0.1, -0.05) is 13.0 Å². The maximum Gasteiger partial charge on any atom is 0.130 e. The smallest absolute Gasteiger partial charge is 0.130 e. The summed E-state index contributed by atoms with van der Waals surface area (Å²) >= 11 is 0. The van der Waals surface area contributed by atoms with Crippen LogP contribution in [0.15, 0.2) is 18.2 Å². The highest BCUT2D eigenvalue weighted by atomic mass is 19.1. The van der Waals surface area contributed by atoms with E-state index in [4.69, 9.17) is 0 Å². The van der Waals surface area contributed by atoms with Crippen molar-refractivity contribution in [1.82, 2.24) is 4.90 Å². The van der Waals surface area contributed by atoms with E-state index < -0.39 is 11.6 Å². The van der Waals surface area contributed by atoms with Crippen molar-refractivity contribution in [3.63, 3.8) is 0 Å². The van der Waals surface area contributed by atoms with E-state index in [1.807, 2.05) is 6.92 Å². The molecule has 94 valence electrons. The third-order valence-electron chi connectivity index (χ3n) is 3.35. The van der Waals surface area contributed by atoms with Gasteiger partial charge >= 0.3 is 0 Å². The number of nitrogens with zero attached hydrogens (tertiary/aromatic N) is 1. The van der Waals surface area contributed by atoms with Crippen LogP contribution in [0.25, 0.3) is 0 Å². The van der Waals surface area contributed by atoms with Gasteiger partial charge in [0.2, 0.25) is 0 Å². The van der Waals surface area contributed by atoms with Gasteiger partial charge in [0.05, 0.1) is 6.10 Å². The van der Waals surface area contributed by atoms with Crippen molar-refractivity contribution >= 4 is 0 Å². The zero-order valence-electron chi connectivity index (χ0n) is 9.87. The minimum absolute atomic E-state index is 0.201. The highest BCUT2D eigenvalue weighted by molar-refractivity contribution is 5.18. The van der Waals surface area contributed by atoms with Crippen LogP contribution < -0.4 is 0 Å². The molecule has 0 radical (unpaired) electrons. The van der Waals surface area contributed by atoms with Gasteiger partial charge in [-0.25, -0.2) is 8.78 Å². The van der Waals surface area contributed by atoms with E-state index in [2.05, 4.69) is 4.90 Å². The molecule has 1 aromatic rings. The van der Waals surface area contributed by atoms with E-state index in [1.165, 1.54) is 12.1 Å². The van der Waals surface area contributed by atoms with Crippen LogP contribution in [-0.2, 0) is 6.54 Å². The van der Waals surface area contributed by atoms with Gasteiger partial charge in [-0.3, -0.25) is 4.90 Å². The molecule has 4 heteroatoms. The minimum Gasteiger partial charge on any atom is -0.393 e. The average molecular weight is 241 g/mol. The molecule has 0 bridgehead atoms. The van der Waals surface area contributed by atoms with Crippen molar-refractivity contribution in [3.05, 3.63) is 35.4 Å². The Labute approximate surface area is 99.9 Å². The summed E-state index contributed by atoms with van der Waals surface area (Å²) in [6.07, 6.45) is 0.452. The Morgan fingerprint density at radius 3 is 2.82 bits per heavy atom. The molecule has 0 saturated carbocycles. The molecule has 1 saturated heterocycles. The fraction of sp³-hybridized carbons (Fsp3) is 0.538. The first-order chi connectivity index (χ1) is 8.06. The van der Waals surface area contributed by atoms with Gasteiger partial charge in [-0.15, -0.1) is 0 Å². The number of likely N-dealkylation sites (tertiary alicyclic amines) is 1. The van der Waals surface area contributed by atoms with Crippen LogP contribution in [0, 0.1) is 17.6 Å². The molecule has 1 heterocycles. The van der Waals surface area contributed by atoms with E-state index in [9.17, 15) is 13.9 Å². The van der Waals surface area contributed by atoms with E-state index >= 15 is 0 Å². The second-order valence-electron chi connectivity index (χ2n) is 4.80. The quantitative estimate of drug-likeness (QED) is 0.857. The lowest BCUT2D eigenvalue weighted by Crippen LogP contribution is -2.41. The van der Waals surface area contributed by atoms with Gasteiger partial charge in [0.1, 0.15) is 11.6 Å². The van der Waals surface area contributed by atoms with Gasteiger partial charge in [-0.05, 0) is 18.4 Å².